The molecule has 0 radical (unpaired) electrons. The van der Waals surface area contributed by atoms with Gasteiger partial charge in [0.1, 0.15) is 0 Å². The predicted octanol–water partition coefficient (Wildman–Crippen LogP) is 1.91. The molecule has 1 amide bonds. The van der Waals surface area contributed by atoms with Crippen molar-refractivity contribution in [1.82, 2.24) is 14.7 Å². The molecule has 0 saturated heterocycles. The highest BCUT2D eigenvalue weighted by Crippen LogP contribution is 2.23. The van der Waals surface area contributed by atoms with Gasteiger partial charge in [0.05, 0.1) is 11.9 Å². The number of nitrogens with zero attached hydrogens (tertiary/aromatic N) is 3. The Balaban J connectivity index is 2.42. The maximum Gasteiger partial charge on any atom is 0.232 e. The van der Waals surface area contributed by atoms with Crippen LogP contribution in [0, 0.1) is 0 Å². The monoisotopic (exact) mass is 255 g/mol. The molecule has 0 N–H and O–H groups in total. The van der Waals surface area contributed by atoms with Crippen LogP contribution in [0.4, 0.5) is 0 Å². The minimum Gasteiger partial charge on any atom is -0.341 e. The highest BCUT2D eigenvalue weighted by Gasteiger charge is 2.16. The molecule has 0 aliphatic heterocycles. The Bertz CT molecular complexity index is 381. The van der Waals surface area contributed by atoms with Gasteiger partial charge in [0.2, 0.25) is 5.91 Å². The summed E-state index contributed by atoms with van der Waals surface area (Å²) >= 11 is 1.67. The molecule has 0 spiro atoms. The second kappa shape index (κ2) is 5.58. The smallest absolute Gasteiger partial charge is 0.232 e. The van der Waals surface area contributed by atoms with E-state index in [0.29, 0.717) is 12.3 Å². The molecule has 0 bridgehead atoms. The molecule has 0 aliphatic carbocycles. The van der Waals surface area contributed by atoms with Crippen molar-refractivity contribution in [2.24, 2.45) is 7.05 Å². The van der Waals surface area contributed by atoms with Gasteiger partial charge >= 0.3 is 0 Å². The van der Waals surface area contributed by atoms with Crippen LogP contribution in [0.3, 0.4) is 0 Å². The van der Waals surface area contributed by atoms with E-state index in [4.69, 9.17) is 0 Å². The maximum absolute atomic E-state index is 11.9. The number of amides is 1. The minimum atomic E-state index is 0.130. The Morgan fingerprint density at radius 3 is 2.65 bits per heavy atom. The van der Waals surface area contributed by atoms with Gasteiger partial charge in [-0.15, -0.1) is 11.8 Å². The standard InChI is InChI=1S/C12H21N3OS/c1-12(2,3)17-9-11(16)14(4)7-10-6-13-15(5)8-10/h6,8H,7,9H2,1-5H3. The highest BCUT2D eigenvalue weighted by molar-refractivity contribution is 8.01. The lowest BCUT2D eigenvalue weighted by Crippen LogP contribution is -2.29. The van der Waals surface area contributed by atoms with Gasteiger partial charge < -0.3 is 4.90 Å². The van der Waals surface area contributed by atoms with E-state index in [-0.39, 0.29) is 10.7 Å². The third-order valence-electron chi connectivity index (χ3n) is 2.23. The van der Waals surface area contributed by atoms with Gasteiger partial charge in [-0.1, -0.05) is 20.8 Å². The summed E-state index contributed by atoms with van der Waals surface area (Å²) in [7, 11) is 3.71. The van der Waals surface area contributed by atoms with Crippen LogP contribution in [0.5, 0.6) is 0 Å². The molecule has 0 fully saturated rings. The van der Waals surface area contributed by atoms with Crippen LogP contribution in [0.1, 0.15) is 26.3 Å². The zero-order valence-electron chi connectivity index (χ0n) is 11.2. The van der Waals surface area contributed by atoms with Crippen molar-refractivity contribution in [3.8, 4) is 0 Å². The zero-order valence-corrected chi connectivity index (χ0v) is 12.0. The van der Waals surface area contributed by atoms with Crippen LogP contribution in [-0.2, 0) is 18.4 Å². The van der Waals surface area contributed by atoms with E-state index in [0.717, 1.165) is 5.56 Å². The predicted molar refractivity (Wildman–Crippen MR) is 71.9 cm³/mol. The third kappa shape index (κ3) is 5.26. The third-order valence-corrected chi connectivity index (χ3v) is 3.49. The van der Waals surface area contributed by atoms with E-state index in [9.17, 15) is 4.79 Å². The number of hydrogen-bond donors (Lipinski definition) is 0. The van der Waals surface area contributed by atoms with Crippen molar-refractivity contribution in [2.45, 2.75) is 32.1 Å². The summed E-state index contributed by atoms with van der Waals surface area (Å²) in [5.41, 5.74) is 1.06. The first-order valence-electron chi connectivity index (χ1n) is 5.63. The number of aromatic nitrogens is 2. The highest BCUT2D eigenvalue weighted by atomic mass is 32.2. The molecule has 1 rings (SSSR count). The van der Waals surface area contributed by atoms with Gasteiger partial charge in [-0.25, -0.2) is 0 Å². The molecule has 1 heterocycles. The number of thioether (sulfide) groups is 1. The Labute approximate surface area is 107 Å². The van der Waals surface area contributed by atoms with Crippen LogP contribution >= 0.6 is 11.8 Å². The van der Waals surface area contributed by atoms with Crippen molar-refractivity contribution in [3.05, 3.63) is 18.0 Å². The van der Waals surface area contributed by atoms with Crippen LogP contribution in [0.2, 0.25) is 0 Å². The zero-order chi connectivity index (χ0) is 13.1. The molecule has 1 aromatic rings. The normalized spacial score (nSPS) is 11.6. The van der Waals surface area contributed by atoms with Crippen molar-refractivity contribution in [1.29, 1.82) is 0 Å². The number of rotatable bonds is 4. The lowest BCUT2D eigenvalue weighted by molar-refractivity contribution is -0.127. The average molecular weight is 255 g/mol. The number of aryl methyl sites for hydroxylation is 1. The van der Waals surface area contributed by atoms with Crippen molar-refractivity contribution in [2.75, 3.05) is 12.8 Å². The minimum absolute atomic E-state index is 0.130. The van der Waals surface area contributed by atoms with E-state index in [1.807, 2.05) is 20.3 Å². The van der Waals surface area contributed by atoms with E-state index in [1.54, 1.807) is 27.5 Å². The summed E-state index contributed by atoms with van der Waals surface area (Å²) in [5, 5.41) is 4.09. The Morgan fingerprint density at radius 1 is 1.53 bits per heavy atom. The summed E-state index contributed by atoms with van der Waals surface area (Å²) in [4.78, 5) is 13.6. The summed E-state index contributed by atoms with van der Waals surface area (Å²) in [6, 6.07) is 0. The average Bonchev–Trinajstić information content (AvgIpc) is 2.59. The fourth-order valence-electron chi connectivity index (χ4n) is 1.30. The lowest BCUT2D eigenvalue weighted by Gasteiger charge is -2.20. The second-order valence-electron chi connectivity index (χ2n) is 5.17. The first-order chi connectivity index (χ1) is 7.78. The molecule has 0 saturated carbocycles. The van der Waals surface area contributed by atoms with Crippen molar-refractivity contribution in [3.63, 3.8) is 0 Å². The Morgan fingerprint density at radius 2 is 2.18 bits per heavy atom. The topological polar surface area (TPSA) is 38.1 Å². The van der Waals surface area contributed by atoms with Gasteiger partial charge in [0, 0.05) is 37.1 Å². The van der Waals surface area contributed by atoms with Crippen molar-refractivity contribution >= 4 is 17.7 Å². The summed E-state index contributed by atoms with van der Waals surface area (Å²) < 4.78 is 1.88. The van der Waals surface area contributed by atoms with Crippen LogP contribution in [0.25, 0.3) is 0 Å². The summed E-state index contributed by atoms with van der Waals surface area (Å²) in [5.74, 6) is 0.689. The van der Waals surface area contributed by atoms with Gasteiger partial charge in [0.15, 0.2) is 0 Å². The lowest BCUT2D eigenvalue weighted by atomic mass is 10.3. The van der Waals surface area contributed by atoms with Gasteiger partial charge in [-0.3, -0.25) is 9.48 Å². The molecular weight excluding hydrogens is 234 g/mol. The Kier molecular flexibility index (Phi) is 4.62. The molecular formula is C12H21N3OS. The van der Waals surface area contributed by atoms with Gasteiger partial charge in [0.25, 0.3) is 0 Å². The molecule has 1 aromatic heterocycles. The molecule has 5 heteroatoms. The molecule has 0 aliphatic rings. The molecule has 17 heavy (non-hydrogen) atoms. The van der Waals surface area contributed by atoms with Crippen LogP contribution in [0.15, 0.2) is 12.4 Å². The molecule has 96 valence electrons. The molecule has 0 unspecified atom stereocenters. The molecule has 0 aromatic carbocycles. The van der Waals surface area contributed by atoms with E-state index < -0.39 is 0 Å². The summed E-state index contributed by atoms with van der Waals surface area (Å²) in [6.07, 6.45) is 3.72. The molecule has 4 nitrogen and oxygen atoms in total. The van der Waals surface area contributed by atoms with Gasteiger partial charge in [-0.05, 0) is 0 Å². The van der Waals surface area contributed by atoms with Crippen LogP contribution in [-0.4, -0.2) is 38.1 Å². The Hall–Kier alpha value is -0.970. The first kappa shape index (κ1) is 14.1. The number of carbonyl (C=O) groups excluding carboxylic acids is 1. The van der Waals surface area contributed by atoms with E-state index in [1.165, 1.54) is 0 Å². The fourth-order valence-corrected chi connectivity index (χ4v) is 2.08. The largest absolute Gasteiger partial charge is 0.341 e. The SMILES string of the molecule is CN(Cc1cnn(C)c1)C(=O)CSC(C)(C)C. The molecule has 0 atom stereocenters. The van der Waals surface area contributed by atoms with E-state index >= 15 is 0 Å². The van der Waals surface area contributed by atoms with Crippen molar-refractivity contribution < 1.29 is 4.79 Å². The second-order valence-corrected chi connectivity index (χ2v) is 6.98. The van der Waals surface area contributed by atoms with Crippen LogP contribution < -0.4 is 0 Å². The first-order valence-corrected chi connectivity index (χ1v) is 6.62. The quantitative estimate of drug-likeness (QED) is 0.825. The fraction of sp³-hybridized carbons (Fsp3) is 0.667. The summed E-state index contributed by atoms with van der Waals surface area (Å²) in [6.45, 7) is 6.97. The number of carbonyl (C=O) groups is 1. The maximum atomic E-state index is 11.9. The number of hydrogen-bond acceptors (Lipinski definition) is 3. The van der Waals surface area contributed by atoms with E-state index in [2.05, 4.69) is 25.9 Å². The van der Waals surface area contributed by atoms with Gasteiger partial charge in [-0.2, -0.15) is 5.10 Å².